The lowest BCUT2D eigenvalue weighted by Crippen LogP contribution is -2.75. The van der Waals surface area contributed by atoms with Gasteiger partial charge in [-0.05, 0) is 93.5 Å². The molecule has 9 nitrogen and oxygen atoms in total. The summed E-state index contributed by atoms with van der Waals surface area (Å²) in [5.74, 6) is -2.38. The highest BCUT2D eigenvalue weighted by molar-refractivity contribution is 7.92. The molecular formula is C36H39Cl2FN2O7S. The highest BCUT2D eigenvalue weighted by atomic mass is 35.5. The number of aliphatic hydroxyl groups excluding tert-OH is 1. The van der Waals surface area contributed by atoms with Crippen LogP contribution in [-0.4, -0.2) is 64.5 Å². The van der Waals surface area contributed by atoms with Gasteiger partial charge in [0.2, 0.25) is 11.8 Å². The van der Waals surface area contributed by atoms with Crippen molar-refractivity contribution < 1.29 is 37.3 Å². The van der Waals surface area contributed by atoms with Crippen LogP contribution in [0.15, 0.2) is 60.7 Å². The number of halogens is 3. The SMILES string of the molecule is COc1cc(N2C(=O)CC23CC(c2cccc(Cl)c2)C(c2ccc(Cl)c(F)c2)N(C(CS(=O)(=O)C(C)(C)C)C2CC2)C3=O)ccc1C(O)O. The van der Waals surface area contributed by atoms with E-state index in [2.05, 4.69) is 0 Å². The van der Waals surface area contributed by atoms with Gasteiger partial charge in [0.05, 0.1) is 35.1 Å². The first kappa shape index (κ1) is 35.6. The number of aliphatic hydroxyl groups is 2. The molecule has 2 heterocycles. The molecule has 13 heteroatoms. The Morgan fingerprint density at radius 3 is 2.31 bits per heavy atom. The molecule has 3 aromatic rings. The van der Waals surface area contributed by atoms with E-state index >= 15 is 9.18 Å². The second-order valence-corrected chi connectivity index (χ2v) is 17.9. The van der Waals surface area contributed by atoms with Crippen LogP contribution in [0.5, 0.6) is 5.75 Å². The highest BCUT2D eigenvalue weighted by Crippen LogP contribution is 2.57. The number of piperidine rings is 1. The van der Waals surface area contributed by atoms with Crippen molar-refractivity contribution in [3.8, 4) is 5.75 Å². The second kappa shape index (κ2) is 12.8. The van der Waals surface area contributed by atoms with Crippen LogP contribution in [0.2, 0.25) is 10.0 Å². The van der Waals surface area contributed by atoms with Gasteiger partial charge in [-0.25, -0.2) is 12.8 Å². The van der Waals surface area contributed by atoms with Crippen molar-refractivity contribution in [3.05, 3.63) is 93.2 Å². The summed E-state index contributed by atoms with van der Waals surface area (Å²) in [4.78, 5) is 32.0. The molecular weight excluding hydrogens is 694 g/mol. The first-order chi connectivity index (χ1) is 23.0. The molecule has 0 bridgehead atoms. The quantitative estimate of drug-likeness (QED) is 0.194. The summed E-state index contributed by atoms with van der Waals surface area (Å²) in [7, 11) is -2.41. The van der Waals surface area contributed by atoms with Gasteiger partial charge in [-0.2, -0.15) is 0 Å². The molecule has 1 spiro atoms. The van der Waals surface area contributed by atoms with Crippen LogP contribution >= 0.6 is 23.2 Å². The molecule has 2 saturated heterocycles. The Bertz CT molecular complexity index is 1910. The Morgan fingerprint density at radius 1 is 1.02 bits per heavy atom. The molecule has 3 aromatic carbocycles. The molecule has 6 rings (SSSR count). The molecule has 262 valence electrons. The normalized spacial score (nSPS) is 23.6. The van der Waals surface area contributed by atoms with E-state index in [-0.39, 0.29) is 46.8 Å². The average Bonchev–Trinajstić information content (AvgIpc) is 3.87. The average molecular weight is 734 g/mol. The van der Waals surface area contributed by atoms with Gasteiger partial charge in [-0.1, -0.05) is 41.4 Å². The molecule has 2 amide bonds. The van der Waals surface area contributed by atoms with Crippen LogP contribution < -0.4 is 9.64 Å². The Labute approximate surface area is 295 Å². The minimum Gasteiger partial charge on any atom is -0.496 e. The number of ether oxygens (including phenoxy) is 1. The third-order valence-electron chi connectivity index (χ3n) is 10.2. The molecule has 2 aliphatic heterocycles. The molecule has 49 heavy (non-hydrogen) atoms. The molecule has 0 radical (unpaired) electrons. The van der Waals surface area contributed by atoms with Gasteiger partial charge in [0.1, 0.15) is 17.1 Å². The van der Waals surface area contributed by atoms with E-state index in [0.717, 1.165) is 5.56 Å². The van der Waals surface area contributed by atoms with Crippen molar-refractivity contribution in [2.24, 2.45) is 5.92 Å². The van der Waals surface area contributed by atoms with Crippen LogP contribution in [0, 0.1) is 11.7 Å². The van der Waals surface area contributed by atoms with Crippen LogP contribution in [0.1, 0.15) is 81.4 Å². The molecule has 4 unspecified atom stereocenters. The van der Waals surface area contributed by atoms with E-state index in [4.69, 9.17) is 27.9 Å². The fourth-order valence-corrected chi connectivity index (χ4v) is 9.04. The summed E-state index contributed by atoms with van der Waals surface area (Å²) in [5.41, 5.74) is 0.0985. The summed E-state index contributed by atoms with van der Waals surface area (Å²) in [5, 5.41) is 20.1. The van der Waals surface area contributed by atoms with E-state index in [9.17, 15) is 23.4 Å². The summed E-state index contributed by atoms with van der Waals surface area (Å²) in [6, 6.07) is 14.3. The van der Waals surface area contributed by atoms with Crippen molar-refractivity contribution in [1.82, 2.24) is 4.90 Å². The lowest BCUT2D eigenvalue weighted by Gasteiger charge is -2.60. The fourth-order valence-electron chi connectivity index (χ4n) is 7.34. The number of anilines is 1. The topological polar surface area (TPSA) is 124 Å². The number of hydrogen-bond donors (Lipinski definition) is 2. The summed E-state index contributed by atoms with van der Waals surface area (Å²) >= 11 is 12.6. The zero-order valence-electron chi connectivity index (χ0n) is 27.6. The monoisotopic (exact) mass is 732 g/mol. The molecule has 3 aliphatic rings. The summed E-state index contributed by atoms with van der Waals surface area (Å²) < 4.78 is 47.3. The predicted octanol–water partition coefficient (Wildman–Crippen LogP) is 6.35. The molecule has 1 saturated carbocycles. The van der Waals surface area contributed by atoms with E-state index in [1.807, 2.05) is 6.07 Å². The lowest BCUT2D eigenvalue weighted by molar-refractivity contribution is -0.157. The summed E-state index contributed by atoms with van der Waals surface area (Å²) in [6.07, 6.45) is -0.477. The lowest BCUT2D eigenvalue weighted by atomic mass is 9.66. The first-order valence-corrected chi connectivity index (χ1v) is 18.5. The van der Waals surface area contributed by atoms with E-state index < -0.39 is 56.1 Å². The van der Waals surface area contributed by atoms with Crippen molar-refractivity contribution in [2.45, 2.75) is 81.0 Å². The standard InChI is InChI=1S/C36H39Cl2FN2O7S/c1-35(2,3)49(46,47)19-29(20-8-9-20)40-32(22-10-13-27(38)28(39)15-22)26(21-6-5-7-23(37)14-21)17-36(34(40)45)18-31(42)41(36)24-11-12-25(33(43)44)30(16-24)48-4/h5-7,10-16,20,26,29,32-33,43-44H,8-9,17-19H2,1-4H3. The van der Waals surface area contributed by atoms with Crippen molar-refractivity contribution in [1.29, 1.82) is 0 Å². The molecule has 3 fully saturated rings. The van der Waals surface area contributed by atoms with Crippen LogP contribution in [0.25, 0.3) is 0 Å². The number of carbonyl (C=O) groups is 2. The number of rotatable bonds is 9. The number of β-lactam (4-membered cyclic amide) rings is 1. The van der Waals surface area contributed by atoms with E-state index in [1.165, 1.54) is 42.3 Å². The fraction of sp³-hybridized carbons (Fsp3) is 0.444. The zero-order chi connectivity index (χ0) is 35.6. The Kier molecular flexibility index (Phi) is 9.32. The van der Waals surface area contributed by atoms with Crippen molar-refractivity contribution in [2.75, 3.05) is 17.8 Å². The van der Waals surface area contributed by atoms with Gasteiger partial charge in [0.15, 0.2) is 16.1 Å². The zero-order valence-corrected chi connectivity index (χ0v) is 29.9. The van der Waals surface area contributed by atoms with Gasteiger partial charge < -0.3 is 19.8 Å². The Hall–Kier alpha value is -3.22. The molecule has 0 aromatic heterocycles. The third-order valence-corrected chi connectivity index (χ3v) is 13.3. The summed E-state index contributed by atoms with van der Waals surface area (Å²) in [6.45, 7) is 4.87. The number of hydrogen-bond acceptors (Lipinski definition) is 7. The van der Waals surface area contributed by atoms with Gasteiger partial charge in [-0.3, -0.25) is 14.5 Å². The maximum absolute atomic E-state index is 15.4. The number of amides is 2. The third kappa shape index (κ3) is 6.33. The van der Waals surface area contributed by atoms with E-state index in [0.29, 0.717) is 29.1 Å². The number of nitrogens with zero attached hydrogens (tertiary/aromatic N) is 2. The predicted molar refractivity (Wildman–Crippen MR) is 185 cm³/mol. The number of likely N-dealkylation sites (tertiary alicyclic amines) is 1. The largest absolute Gasteiger partial charge is 0.496 e. The van der Waals surface area contributed by atoms with Crippen LogP contribution in [-0.2, 0) is 19.4 Å². The first-order valence-electron chi connectivity index (χ1n) is 16.1. The van der Waals surface area contributed by atoms with Gasteiger partial charge in [0.25, 0.3) is 0 Å². The smallest absolute Gasteiger partial charge is 0.250 e. The van der Waals surface area contributed by atoms with Crippen molar-refractivity contribution >= 4 is 50.5 Å². The van der Waals surface area contributed by atoms with Gasteiger partial charge >= 0.3 is 0 Å². The Balaban J connectivity index is 1.58. The number of carbonyl (C=O) groups excluding carboxylic acids is 2. The van der Waals surface area contributed by atoms with Gasteiger partial charge in [0, 0.05) is 34.3 Å². The highest BCUT2D eigenvalue weighted by Gasteiger charge is 2.65. The molecule has 1 aliphatic carbocycles. The maximum atomic E-state index is 15.4. The minimum absolute atomic E-state index is 0.0766. The van der Waals surface area contributed by atoms with Crippen LogP contribution in [0.4, 0.5) is 10.1 Å². The Morgan fingerprint density at radius 2 is 1.73 bits per heavy atom. The van der Waals surface area contributed by atoms with Gasteiger partial charge in [-0.15, -0.1) is 0 Å². The number of sulfone groups is 1. The van der Waals surface area contributed by atoms with E-state index in [1.54, 1.807) is 49.9 Å². The molecule has 2 N–H and O–H groups in total. The van der Waals surface area contributed by atoms with Crippen LogP contribution in [0.3, 0.4) is 0 Å². The number of methoxy groups -OCH3 is 1. The minimum atomic E-state index is -3.76. The van der Waals surface area contributed by atoms with Crippen molar-refractivity contribution in [3.63, 3.8) is 0 Å². The molecule has 4 atom stereocenters. The number of benzene rings is 3. The second-order valence-electron chi connectivity index (χ2n) is 14.2. The maximum Gasteiger partial charge on any atom is 0.250 e.